The van der Waals surface area contributed by atoms with Gasteiger partial charge in [0.25, 0.3) is 5.56 Å². The number of nitrogens with one attached hydrogen (secondary N) is 1. The van der Waals surface area contributed by atoms with E-state index in [-0.39, 0.29) is 12.2 Å². The Morgan fingerprint density at radius 2 is 1.86 bits per heavy atom. The highest BCUT2D eigenvalue weighted by Crippen LogP contribution is 2.32. The van der Waals surface area contributed by atoms with Crippen LogP contribution in [0, 0.1) is 6.92 Å². The molecule has 3 aromatic heterocycles. The van der Waals surface area contributed by atoms with Crippen LogP contribution in [0.2, 0.25) is 0 Å². The molecule has 2 aromatic carbocycles. The second-order valence-electron chi connectivity index (χ2n) is 8.68. The monoisotopic (exact) mass is 501 g/mol. The zero-order valence-electron chi connectivity index (χ0n) is 19.9. The van der Waals surface area contributed by atoms with E-state index < -0.39 is 6.10 Å². The van der Waals surface area contributed by atoms with E-state index in [0.29, 0.717) is 41.4 Å². The number of aliphatic hydroxyl groups is 1. The number of nitrogens with zero attached hydrogens (tertiary/aromatic N) is 2. The SMILES string of the molecule is Cc1ccccc1-c1csc2nc(CN(Cc3ccco3)CC(O)COc3ccccc3)[nH]c(=O)c12. The molecule has 0 radical (unpaired) electrons. The third-order valence-electron chi connectivity index (χ3n) is 5.92. The molecule has 1 unspecified atom stereocenters. The largest absolute Gasteiger partial charge is 0.491 e. The molecule has 0 spiro atoms. The Balaban J connectivity index is 1.36. The zero-order chi connectivity index (χ0) is 24.9. The molecule has 8 heteroatoms. The molecule has 0 saturated heterocycles. The van der Waals surface area contributed by atoms with Crippen LogP contribution in [0.25, 0.3) is 21.3 Å². The molecule has 0 fully saturated rings. The van der Waals surface area contributed by atoms with Gasteiger partial charge in [0.2, 0.25) is 0 Å². The predicted molar refractivity (Wildman–Crippen MR) is 141 cm³/mol. The molecule has 184 valence electrons. The molecule has 0 aliphatic rings. The summed E-state index contributed by atoms with van der Waals surface area (Å²) in [5, 5.41) is 13.3. The summed E-state index contributed by atoms with van der Waals surface area (Å²) in [7, 11) is 0. The number of para-hydroxylation sites is 1. The lowest BCUT2D eigenvalue weighted by Crippen LogP contribution is -2.35. The Morgan fingerprint density at radius 1 is 1.06 bits per heavy atom. The maximum Gasteiger partial charge on any atom is 0.260 e. The number of fused-ring (bicyclic) bond motifs is 1. The van der Waals surface area contributed by atoms with E-state index >= 15 is 0 Å². The highest BCUT2D eigenvalue weighted by molar-refractivity contribution is 7.17. The molecule has 5 rings (SSSR count). The number of aromatic nitrogens is 2. The summed E-state index contributed by atoms with van der Waals surface area (Å²) in [6, 6.07) is 21.1. The van der Waals surface area contributed by atoms with Gasteiger partial charge < -0.3 is 19.2 Å². The summed E-state index contributed by atoms with van der Waals surface area (Å²) in [6.07, 6.45) is 0.873. The van der Waals surface area contributed by atoms with Crippen LogP contribution < -0.4 is 10.3 Å². The summed E-state index contributed by atoms with van der Waals surface area (Å²) in [6.45, 7) is 3.29. The third kappa shape index (κ3) is 5.57. The maximum atomic E-state index is 13.2. The van der Waals surface area contributed by atoms with E-state index in [0.717, 1.165) is 22.5 Å². The zero-order valence-corrected chi connectivity index (χ0v) is 20.7. The van der Waals surface area contributed by atoms with Gasteiger partial charge in [-0.2, -0.15) is 0 Å². The molecule has 5 aromatic rings. The van der Waals surface area contributed by atoms with E-state index in [9.17, 15) is 9.90 Å². The first-order valence-corrected chi connectivity index (χ1v) is 12.6. The first-order valence-electron chi connectivity index (χ1n) is 11.7. The number of ether oxygens (including phenoxy) is 1. The van der Waals surface area contributed by atoms with Gasteiger partial charge in [-0.15, -0.1) is 11.3 Å². The van der Waals surface area contributed by atoms with Crippen LogP contribution in [0.4, 0.5) is 0 Å². The number of benzene rings is 2. The van der Waals surface area contributed by atoms with Gasteiger partial charge in [-0.3, -0.25) is 9.69 Å². The minimum Gasteiger partial charge on any atom is -0.491 e. The van der Waals surface area contributed by atoms with Gasteiger partial charge in [-0.05, 0) is 42.3 Å². The van der Waals surface area contributed by atoms with Gasteiger partial charge in [0, 0.05) is 17.5 Å². The van der Waals surface area contributed by atoms with Gasteiger partial charge in [0.05, 0.1) is 24.7 Å². The number of aryl methyl sites for hydroxylation is 1. The summed E-state index contributed by atoms with van der Waals surface area (Å²) in [5.41, 5.74) is 2.87. The van der Waals surface area contributed by atoms with Crippen molar-refractivity contribution in [3.05, 3.63) is 106 Å². The fourth-order valence-electron chi connectivity index (χ4n) is 4.22. The minimum atomic E-state index is -0.745. The summed E-state index contributed by atoms with van der Waals surface area (Å²) >= 11 is 1.46. The summed E-state index contributed by atoms with van der Waals surface area (Å²) in [4.78, 5) is 23.5. The smallest absolute Gasteiger partial charge is 0.260 e. The van der Waals surface area contributed by atoms with Crippen LogP contribution in [0.3, 0.4) is 0 Å². The van der Waals surface area contributed by atoms with Crippen molar-refractivity contribution in [2.45, 2.75) is 26.1 Å². The van der Waals surface area contributed by atoms with Crippen LogP contribution in [0.15, 0.2) is 87.6 Å². The lowest BCUT2D eigenvalue weighted by Gasteiger charge is -2.24. The molecule has 7 nitrogen and oxygen atoms in total. The van der Waals surface area contributed by atoms with Gasteiger partial charge in [0.15, 0.2) is 0 Å². The molecule has 0 saturated carbocycles. The van der Waals surface area contributed by atoms with Gasteiger partial charge >= 0.3 is 0 Å². The second kappa shape index (κ2) is 10.9. The standard InChI is InChI=1S/C28H27N3O4S/c1-19-8-5-6-12-23(19)24-18-36-28-26(24)27(33)29-25(30-28)16-31(15-22-11-7-13-34-22)14-20(32)17-35-21-9-3-2-4-10-21/h2-13,18,20,32H,14-17H2,1H3,(H,29,30,33). The van der Waals surface area contributed by atoms with Crippen LogP contribution >= 0.6 is 11.3 Å². The van der Waals surface area contributed by atoms with Gasteiger partial charge in [-0.1, -0.05) is 42.5 Å². The average molecular weight is 502 g/mol. The molecule has 3 heterocycles. The van der Waals surface area contributed by atoms with Crippen molar-refractivity contribution in [1.82, 2.24) is 14.9 Å². The molecule has 0 aliphatic carbocycles. The number of hydrogen-bond acceptors (Lipinski definition) is 7. The number of aliphatic hydroxyl groups excluding tert-OH is 1. The highest BCUT2D eigenvalue weighted by atomic mass is 32.1. The van der Waals surface area contributed by atoms with Crippen molar-refractivity contribution in [2.75, 3.05) is 13.2 Å². The van der Waals surface area contributed by atoms with Crippen LogP contribution in [0.5, 0.6) is 5.75 Å². The number of thiophene rings is 1. The van der Waals surface area contributed by atoms with E-state index in [4.69, 9.17) is 14.1 Å². The second-order valence-corrected chi connectivity index (χ2v) is 9.54. The third-order valence-corrected chi connectivity index (χ3v) is 6.79. The van der Waals surface area contributed by atoms with E-state index in [1.165, 1.54) is 11.3 Å². The lowest BCUT2D eigenvalue weighted by atomic mass is 10.0. The van der Waals surface area contributed by atoms with Crippen molar-refractivity contribution in [1.29, 1.82) is 0 Å². The van der Waals surface area contributed by atoms with E-state index in [1.807, 2.05) is 83.9 Å². The molecular formula is C28H27N3O4S. The van der Waals surface area contributed by atoms with Crippen molar-refractivity contribution in [3.63, 3.8) is 0 Å². The van der Waals surface area contributed by atoms with E-state index in [1.54, 1.807) is 6.26 Å². The Morgan fingerprint density at radius 3 is 2.64 bits per heavy atom. The number of H-pyrrole nitrogens is 1. The molecule has 1 atom stereocenters. The molecular weight excluding hydrogens is 474 g/mol. The minimum absolute atomic E-state index is 0.145. The number of rotatable bonds is 10. The fraction of sp³-hybridized carbons (Fsp3) is 0.214. The Hall–Kier alpha value is -3.72. The first-order chi connectivity index (χ1) is 17.6. The lowest BCUT2D eigenvalue weighted by molar-refractivity contribution is 0.0595. The Bertz CT molecular complexity index is 1480. The van der Waals surface area contributed by atoms with Crippen molar-refractivity contribution in [3.8, 4) is 16.9 Å². The Labute approximate surface area is 212 Å². The van der Waals surface area contributed by atoms with Gasteiger partial charge in [-0.25, -0.2) is 4.98 Å². The number of aromatic amines is 1. The quantitative estimate of drug-likeness (QED) is 0.280. The van der Waals surface area contributed by atoms with Crippen molar-refractivity contribution < 1.29 is 14.3 Å². The van der Waals surface area contributed by atoms with Crippen LogP contribution in [-0.2, 0) is 13.1 Å². The topological polar surface area (TPSA) is 91.6 Å². The van der Waals surface area contributed by atoms with Crippen LogP contribution in [0.1, 0.15) is 17.1 Å². The van der Waals surface area contributed by atoms with Gasteiger partial charge in [0.1, 0.15) is 34.9 Å². The maximum absolute atomic E-state index is 13.2. The average Bonchev–Trinajstić information content (AvgIpc) is 3.54. The first kappa shape index (κ1) is 24.0. The molecule has 36 heavy (non-hydrogen) atoms. The van der Waals surface area contributed by atoms with Crippen LogP contribution in [-0.4, -0.2) is 39.2 Å². The van der Waals surface area contributed by atoms with Crippen molar-refractivity contribution in [2.24, 2.45) is 0 Å². The Kier molecular flexibility index (Phi) is 7.27. The predicted octanol–water partition coefficient (Wildman–Crippen LogP) is 5.00. The molecule has 0 aliphatic heterocycles. The molecule has 0 bridgehead atoms. The molecule has 2 N–H and O–H groups in total. The summed E-state index contributed by atoms with van der Waals surface area (Å²) < 4.78 is 11.2. The normalized spacial score (nSPS) is 12.3. The van der Waals surface area contributed by atoms with Crippen molar-refractivity contribution >= 4 is 21.6 Å². The van der Waals surface area contributed by atoms with E-state index in [2.05, 4.69) is 4.98 Å². The molecule has 0 amide bonds. The highest BCUT2D eigenvalue weighted by Gasteiger charge is 2.19. The summed E-state index contributed by atoms with van der Waals surface area (Å²) in [5.74, 6) is 1.99. The fourth-order valence-corrected chi connectivity index (χ4v) is 5.18. The number of hydrogen-bond donors (Lipinski definition) is 2. The number of furan rings is 1.